The van der Waals surface area contributed by atoms with E-state index in [9.17, 15) is 9.59 Å². The van der Waals surface area contributed by atoms with E-state index >= 15 is 0 Å². The number of hydrazone groups is 1. The lowest BCUT2D eigenvalue weighted by Crippen LogP contribution is -2.35. The molecule has 0 saturated heterocycles. The van der Waals surface area contributed by atoms with E-state index in [4.69, 9.17) is 9.84 Å². The summed E-state index contributed by atoms with van der Waals surface area (Å²) < 4.78 is 5.48. The number of benzene rings is 1. The maximum absolute atomic E-state index is 12.2. The Labute approximate surface area is 160 Å². The van der Waals surface area contributed by atoms with Crippen LogP contribution < -0.4 is 10.1 Å². The van der Waals surface area contributed by atoms with E-state index in [2.05, 4.69) is 20.4 Å². The Balaban J connectivity index is 1.61. The Bertz CT molecular complexity index is 823. The third-order valence-corrected chi connectivity index (χ3v) is 4.53. The molecule has 1 aromatic rings. The van der Waals surface area contributed by atoms with Crippen molar-refractivity contribution >= 4 is 46.5 Å². The zero-order valence-electron chi connectivity index (χ0n) is 14.7. The van der Waals surface area contributed by atoms with Gasteiger partial charge in [-0.05, 0) is 19.1 Å². The van der Waals surface area contributed by atoms with Gasteiger partial charge in [0.25, 0.3) is 5.91 Å². The summed E-state index contributed by atoms with van der Waals surface area (Å²) in [6.07, 6.45) is 1.46. The van der Waals surface area contributed by atoms with Crippen molar-refractivity contribution in [2.24, 2.45) is 21.0 Å². The van der Waals surface area contributed by atoms with Crippen LogP contribution in [0, 0.1) is 5.92 Å². The molecule has 0 aromatic heterocycles. The molecule has 0 aliphatic carbocycles. The molecule has 0 saturated carbocycles. The molecule has 9 nitrogen and oxygen atoms in total. The number of aliphatic imine (C=N–C) groups is 2. The van der Waals surface area contributed by atoms with Gasteiger partial charge in [0.15, 0.2) is 5.17 Å². The van der Waals surface area contributed by atoms with E-state index in [1.807, 2.05) is 13.0 Å². The van der Waals surface area contributed by atoms with Crippen LogP contribution in [-0.2, 0) is 9.59 Å². The van der Waals surface area contributed by atoms with Crippen LogP contribution in [0.2, 0.25) is 0 Å². The number of hydrogen-bond donors (Lipinski definition) is 2. The standard InChI is InChI=1S/C17H19N5O4S/c1-2-26-13-6-4-3-5-12(13)19-14(24)10-27-17-20-15-11(16(25)21-17)9-18-22(15)7-8-23/h3-6,9,11,23H,2,7-8,10H2,1H3,(H,19,24). The molecule has 2 heterocycles. The summed E-state index contributed by atoms with van der Waals surface area (Å²) >= 11 is 1.06. The Morgan fingerprint density at radius 2 is 2.19 bits per heavy atom. The molecule has 142 valence electrons. The molecule has 0 radical (unpaired) electrons. The highest BCUT2D eigenvalue weighted by atomic mass is 32.2. The zero-order chi connectivity index (χ0) is 19.2. The number of hydrogen-bond acceptors (Lipinski definition) is 8. The van der Waals surface area contributed by atoms with Crippen molar-refractivity contribution in [3.63, 3.8) is 0 Å². The number of thioether (sulfide) groups is 1. The van der Waals surface area contributed by atoms with Crippen LogP contribution in [0.1, 0.15) is 6.92 Å². The number of carbonyl (C=O) groups excluding carboxylic acids is 2. The number of fused-ring (bicyclic) bond motifs is 1. The van der Waals surface area contributed by atoms with Crippen molar-refractivity contribution < 1.29 is 19.4 Å². The van der Waals surface area contributed by atoms with Crippen molar-refractivity contribution in [1.29, 1.82) is 0 Å². The summed E-state index contributed by atoms with van der Waals surface area (Å²) in [7, 11) is 0. The fraction of sp³-hybridized carbons (Fsp3) is 0.353. The molecule has 2 aliphatic heterocycles. The largest absolute Gasteiger partial charge is 0.492 e. The molecule has 2 amide bonds. The monoisotopic (exact) mass is 389 g/mol. The van der Waals surface area contributed by atoms with E-state index < -0.39 is 5.92 Å². The van der Waals surface area contributed by atoms with Crippen molar-refractivity contribution in [2.75, 3.05) is 30.8 Å². The number of para-hydroxylation sites is 2. The maximum atomic E-state index is 12.2. The predicted octanol–water partition coefficient (Wildman–Crippen LogP) is 0.962. The quantitative estimate of drug-likeness (QED) is 0.718. The molecule has 0 spiro atoms. The number of aliphatic hydroxyl groups excluding tert-OH is 1. The Hall–Kier alpha value is -2.72. The van der Waals surface area contributed by atoms with Gasteiger partial charge >= 0.3 is 0 Å². The van der Waals surface area contributed by atoms with Crippen LogP contribution >= 0.6 is 11.8 Å². The lowest BCUT2D eigenvalue weighted by molar-refractivity contribution is -0.118. The van der Waals surface area contributed by atoms with E-state index in [1.54, 1.807) is 18.2 Å². The highest BCUT2D eigenvalue weighted by Crippen LogP contribution is 2.25. The fourth-order valence-corrected chi connectivity index (χ4v) is 3.17. The molecule has 1 unspecified atom stereocenters. The first-order valence-electron chi connectivity index (χ1n) is 8.40. The third-order valence-electron chi connectivity index (χ3n) is 3.68. The molecular formula is C17H19N5O4S. The summed E-state index contributed by atoms with van der Waals surface area (Å²) in [6.45, 7) is 2.49. The van der Waals surface area contributed by atoms with E-state index in [-0.39, 0.29) is 35.9 Å². The second-order valence-corrected chi connectivity index (χ2v) is 6.50. The topological polar surface area (TPSA) is 116 Å². The van der Waals surface area contributed by atoms with Gasteiger partial charge < -0.3 is 15.2 Å². The van der Waals surface area contributed by atoms with Gasteiger partial charge in [-0.1, -0.05) is 23.9 Å². The Morgan fingerprint density at radius 1 is 1.37 bits per heavy atom. The number of amides is 2. The fourth-order valence-electron chi connectivity index (χ4n) is 2.52. The average Bonchev–Trinajstić information content (AvgIpc) is 3.06. The first-order valence-corrected chi connectivity index (χ1v) is 9.39. The smallest absolute Gasteiger partial charge is 0.264 e. The van der Waals surface area contributed by atoms with Gasteiger partial charge in [-0.2, -0.15) is 10.1 Å². The highest BCUT2D eigenvalue weighted by Gasteiger charge is 2.35. The SMILES string of the molecule is CCOc1ccccc1NC(=O)CSC1=NC(=O)C2C=NN(CCO)C2=N1. The summed E-state index contributed by atoms with van der Waals surface area (Å²) in [4.78, 5) is 32.6. The van der Waals surface area contributed by atoms with Crippen LogP contribution in [0.3, 0.4) is 0 Å². The van der Waals surface area contributed by atoms with Crippen LogP contribution in [0.5, 0.6) is 5.75 Å². The number of aliphatic hydroxyl groups is 1. The van der Waals surface area contributed by atoms with Gasteiger partial charge in [-0.15, -0.1) is 0 Å². The van der Waals surface area contributed by atoms with Gasteiger partial charge in [0, 0.05) is 6.21 Å². The summed E-state index contributed by atoms with van der Waals surface area (Å²) in [5.74, 6) is -0.210. The molecule has 0 bridgehead atoms. The summed E-state index contributed by atoms with van der Waals surface area (Å²) in [6, 6.07) is 7.16. The second-order valence-electron chi connectivity index (χ2n) is 5.56. The number of ether oxygens (including phenoxy) is 1. The number of amidine groups is 2. The van der Waals surface area contributed by atoms with Gasteiger partial charge in [0.1, 0.15) is 17.5 Å². The minimum atomic E-state index is -0.618. The number of β-amino-alcohol motifs (C(OH)–C–C–N with tert-alkyl or cyclic N) is 1. The number of anilines is 1. The van der Waals surface area contributed by atoms with Gasteiger partial charge in [-0.25, -0.2) is 10.0 Å². The van der Waals surface area contributed by atoms with Gasteiger partial charge in [0.2, 0.25) is 5.91 Å². The molecule has 2 aliphatic rings. The van der Waals surface area contributed by atoms with Crippen molar-refractivity contribution in [3.8, 4) is 5.75 Å². The van der Waals surface area contributed by atoms with Gasteiger partial charge in [-0.3, -0.25) is 9.59 Å². The molecule has 3 rings (SSSR count). The normalized spacial score (nSPS) is 18.1. The van der Waals surface area contributed by atoms with E-state index in [1.165, 1.54) is 11.2 Å². The Morgan fingerprint density at radius 3 is 2.96 bits per heavy atom. The second kappa shape index (κ2) is 8.78. The third kappa shape index (κ3) is 4.52. The summed E-state index contributed by atoms with van der Waals surface area (Å²) in [5.41, 5.74) is 0.580. The van der Waals surface area contributed by atoms with Crippen LogP contribution in [-0.4, -0.2) is 64.7 Å². The van der Waals surface area contributed by atoms with E-state index in [0.717, 1.165) is 11.8 Å². The average molecular weight is 389 g/mol. The van der Waals surface area contributed by atoms with Crippen LogP contribution in [0.25, 0.3) is 0 Å². The Kier molecular flexibility index (Phi) is 6.20. The molecule has 1 atom stereocenters. The molecule has 1 aromatic carbocycles. The first-order chi connectivity index (χ1) is 13.1. The van der Waals surface area contributed by atoms with Crippen LogP contribution in [0.15, 0.2) is 39.4 Å². The zero-order valence-corrected chi connectivity index (χ0v) is 15.5. The molecular weight excluding hydrogens is 370 g/mol. The van der Waals surface area contributed by atoms with E-state index in [0.29, 0.717) is 23.9 Å². The molecule has 10 heteroatoms. The minimum Gasteiger partial charge on any atom is -0.492 e. The van der Waals surface area contributed by atoms with Crippen molar-refractivity contribution in [1.82, 2.24) is 5.01 Å². The summed E-state index contributed by atoms with van der Waals surface area (Å²) in [5, 5.41) is 17.6. The molecule has 0 fully saturated rings. The van der Waals surface area contributed by atoms with Crippen molar-refractivity contribution in [2.45, 2.75) is 6.92 Å². The lowest BCUT2D eigenvalue weighted by Gasteiger charge is -2.19. The van der Waals surface area contributed by atoms with Crippen molar-refractivity contribution in [3.05, 3.63) is 24.3 Å². The highest BCUT2D eigenvalue weighted by molar-refractivity contribution is 8.14. The van der Waals surface area contributed by atoms with Gasteiger partial charge in [0.05, 0.1) is 31.2 Å². The van der Waals surface area contributed by atoms with Crippen LogP contribution in [0.4, 0.5) is 5.69 Å². The molecule has 27 heavy (non-hydrogen) atoms. The first kappa shape index (κ1) is 19.1. The maximum Gasteiger partial charge on any atom is 0.264 e. The lowest BCUT2D eigenvalue weighted by atomic mass is 10.1. The number of carbonyl (C=O) groups is 2. The molecule has 2 N–H and O–H groups in total. The predicted molar refractivity (Wildman–Crippen MR) is 104 cm³/mol. The minimum absolute atomic E-state index is 0.0366. The number of nitrogens with one attached hydrogen (secondary N) is 1. The number of rotatable bonds is 7. The number of nitrogens with zero attached hydrogens (tertiary/aromatic N) is 4.